The van der Waals surface area contributed by atoms with Crippen LogP contribution in [0, 0.1) is 0 Å². The van der Waals surface area contributed by atoms with Crippen molar-refractivity contribution in [2.24, 2.45) is 0 Å². The quantitative estimate of drug-likeness (QED) is 0.820. The molecule has 1 aliphatic carbocycles. The van der Waals surface area contributed by atoms with E-state index in [1.165, 1.54) is 17.8 Å². The molecule has 20 heavy (non-hydrogen) atoms. The molecule has 1 amide bonds. The van der Waals surface area contributed by atoms with Gasteiger partial charge in [-0.2, -0.15) is 0 Å². The number of benzene rings is 1. The molecule has 0 aromatic heterocycles. The first-order valence-corrected chi connectivity index (χ1v) is 7.84. The molecule has 4 nitrogen and oxygen atoms in total. The van der Waals surface area contributed by atoms with Crippen molar-refractivity contribution in [1.82, 2.24) is 4.90 Å². The summed E-state index contributed by atoms with van der Waals surface area (Å²) in [5.41, 5.74) is 0.0682. The van der Waals surface area contributed by atoms with Crippen molar-refractivity contribution >= 4 is 35.2 Å². The fourth-order valence-corrected chi connectivity index (χ4v) is 3.03. The van der Waals surface area contributed by atoms with Crippen molar-refractivity contribution in [3.05, 3.63) is 28.8 Å². The van der Waals surface area contributed by atoms with E-state index in [0.717, 1.165) is 24.3 Å². The van der Waals surface area contributed by atoms with Crippen molar-refractivity contribution in [1.29, 1.82) is 0 Å². The van der Waals surface area contributed by atoms with Gasteiger partial charge in [-0.3, -0.25) is 4.79 Å². The van der Waals surface area contributed by atoms with E-state index in [0.29, 0.717) is 11.8 Å². The Balaban J connectivity index is 1.98. The minimum absolute atomic E-state index is 0.0682. The zero-order valence-corrected chi connectivity index (χ0v) is 12.7. The van der Waals surface area contributed by atoms with Gasteiger partial charge in [-0.05, 0) is 38.0 Å². The summed E-state index contributed by atoms with van der Waals surface area (Å²) in [4.78, 5) is 25.7. The van der Waals surface area contributed by atoms with Crippen molar-refractivity contribution in [3.8, 4) is 0 Å². The Morgan fingerprint density at radius 1 is 1.45 bits per heavy atom. The zero-order chi connectivity index (χ0) is 14.7. The molecule has 108 valence electrons. The van der Waals surface area contributed by atoms with Crippen LogP contribution in [0.25, 0.3) is 0 Å². The van der Waals surface area contributed by atoms with Gasteiger partial charge in [0.2, 0.25) is 5.91 Å². The normalized spacial score (nSPS) is 14.1. The number of hydrogen-bond donors (Lipinski definition) is 1. The first-order chi connectivity index (χ1) is 9.52. The van der Waals surface area contributed by atoms with Crippen LogP contribution in [0.15, 0.2) is 23.1 Å². The van der Waals surface area contributed by atoms with Crippen LogP contribution < -0.4 is 0 Å². The molecule has 1 fully saturated rings. The second-order valence-corrected chi connectivity index (χ2v) is 6.10. The molecule has 1 aliphatic rings. The summed E-state index contributed by atoms with van der Waals surface area (Å²) < 4.78 is 0. The average Bonchev–Trinajstić information content (AvgIpc) is 3.23. The third-order valence-corrected chi connectivity index (χ3v) is 4.49. The Bertz CT molecular complexity index is 531. The van der Waals surface area contributed by atoms with E-state index in [9.17, 15) is 9.59 Å². The van der Waals surface area contributed by atoms with Crippen molar-refractivity contribution in [3.63, 3.8) is 0 Å². The van der Waals surface area contributed by atoms with Gasteiger partial charge in [0.15, 0.2) is 0 Å². The molecule has 1 N–H and O–H groups in total. The highest BCUT2D eigenvalue weighted by Gasteiger charge is 2.31. The lowest BCUT2D eigenvalue weighted by Gasteiger charge is -2.20. The van der Waals surface area contributed by atoms with Gasteiger partial charge in [0.25, 0.3) is 0 Å². The Morgan fingerprint density at radius 3 is 2.70 bits per heavy atom. The molecule has 0 spiro atoms. The van der Waals surface area contributed by atoms with Crippen LogP contribution in [-0.2, 0) is 4.79 Å². The van der Waals surface area contributed by atoms with Gasteiger partial charge >= 0.3 is 5.97 Å². The number of rotatable bonds is 6. The number of amides is 1. The molecule has 6 heteroatoms. The van der Waals surface area contributed by atoms with Gasteiger partial charge in [0.1, 0.15) is 0 Å². The van der Waals surface area contributed by atoms with Crippen LogP contribution in [0.4, 0.5) is 0 Å². The topological polar surface area (TPSA) is 57.6 Å². The number of carboxylic acid groups (broad SMARTS) is 1. The fourth-order valence-electron chi connectivity index (χ4n) is 2.01. The van der Waals surface area contributed by atoms with Crippen LogP contribution in [0.1, 0.15) is 30.1 Å². The van der Waals surface area contributed by atoms with E-state index in [1.54, 1.807) is 12.1 Å². The molecular formula is C14H16ClNO3S. The molecule has 0 heterocycles. The minimum atomic E-state index is -1.06. The maximum atomic E-state index is 12.1. The summed E-state index contributed by atoms with van der Waals surface area (Å²) in [6.07, 6.45) is 2.18. The number of halogens is 1. The first kappa shape index (κ1) is 15.2. The summed E-state index contributed by atoms with van der Waals surface area (Å²) in [6.45, 7) is 2.71. The molecule has 1 aromatic rings. The average molecular weight is 314 g/mol. The first-order valence-electron chi connectivity index (χ1n) is 6.48. The Kier molecular flexibility index (Phi) is 4.94. The molecule has 2 rings (SSSR count). The third-order valence-electron chi connectivity index (χ3n) is 3.18. The molecule has 1 aromatic carbocycles. The molecule has 0 bridgehead atoms. The van der Waals surface area contributed by atoms with E-state index in [2.05, 4.69) is 0 Å². The number of hydrogen-bond acceptors (Lipinski definition) is 3. The van der Waals surface area contributed by atoms with Crippen LogP contribution in [-0.4, -0.2) is 40.2 Å². The Morgan fingerprint density at radius 2 is 2.15 bits per heavy atom. The summed E-state index contributed by atoms with van der Waals surface area (Å²) in [5.74, 6) is -0.630. The van der Waals surface area contributed by atoms with Gasteiger partial charge in [-0.25, -0.2) is 4.79 Å². The van der Waals surface area contributed by atoms with E-state index in [1.807, 2.05) is 11.8 Å². The SMILES string of the molecule is CCN(C(=O)CSc1ccc(Cl)c(C(=O)O)c1)C1CC1. The van der Waals surface area contributed by atoms with Gasteiger partial charge in [0, 0.05) is 17.5 Å². The second-order valence-electron chi connectivity index (χ2n) is 4.65. The number of carboxylic acids is 1. The smallest absolute Gasteiger partial charge is 0.337 e. The molecule has 0 atom stereocenters. The molecule has 1 saturated carbocycles. The van der Waals surface area contributed by atoms with Gasteiger partial charge in [-0.15, -0.1) is 11.8 Å². The number of carbonyl (C=O) groups is 2. The zero-order valence-electron chi connectivity index (χ0n) is 11.1. The fraction of sp³-hybridized carbons (Fsp3) is 0.429. The van der Waals surface area contributed by atoms with Crippen LogP contribution in [0.5, 0.6) is 0 Å². The van der Waals surface area contributed by atoms with E-state index in [4.69, 9.17) is 16.7 Å². The number of thioether (sulfide) groups is 1. The highest BCUT2D eigenvalue weighted by Crippen LogP contribution is 2.29. The van der Waals surface area contributed by atoms with Crippen molar-refractivity contribution < 1.29 is 14.7 Å². The second kappa shape index (κ2) is 6.50. The van der Waals surface area contributed by atoms with Gasteiger partial charge in [-0.1, -0.05) is 11.6 Å². The highest BCUT2D eigenvalue weighted by molar-refractivity contribution is 8.00. The molecule has 0 unspecified atom stereocenters. The molecule has 0 radical (unpaired) electrons. The standard InChI is InChI=1S/C14H16ClNO3S/c1-2-16(9-3-4-9)13(17)8-20-10-5-6-12(15)11(7-10)14(18)19/h5-7,9H,2-4,8H2,1H3,(H,18,19). The number of nitrogens with zero attached hydrogens (tertiary/aromatic N) is 1. The summed E-state index contributed by atoms with van der Waals surface area (Å²) in [7, 11) is 0. The number of aromatic carboxylic acids is 1. The largest absolute Gasteiger partial charge is 0.478 e. The maximum Gasteiger partial charge on any atom is 0.337 e. The highest BCUT2D eigenvalue weighted by atomic mass is 35.5. The summed E-state index contributed by atoms with van der Waals surface area (Å²) in [6, 6.07) is 5.21. The lowest BCUT2D eigenvalue weighted by molar-refractivity contribution is -0.128. The predicted octanol–water partition coefficient (Wildman–Crippen LogP) is 3.14. The summed E-state index contributed by atoms with van der Waals surface area (Å²) in [5, 5.41) is 9.22. The molecular weight excluding hydrogens is 298 g/mol. The predicted molar refractivity (Wildman–Crippen MR) is 79.5 cm³/mol. The van der Waals surface area contributed by atoms with Gasteiger partial charge in [0.05, 0.1) is 16.3 Å². The molecule has 0 saturated heterocycles. The lowest BCUT2D eigenvalue weighted by Crippen LogP contribution is -2.34. The third kappa shape index (κ3) is 3.67. The monoisotopic (exact) mass is 313 g/mol. The molecule has 0 aliphatic heterocycles. The maximum absolute atomic E-state index is 12.1. The van der Waals surface area contributed by atoms with E-state index < -0.39 is 5.97 Å². The van der Waals surface area contributed by atoms with Gasteiger partial charge < -0.3 is 10.0 Å². The van der Waals surface area contributed by atoms with Crippen LogP contribution in [0.2, 0.25) is 5.02 Å². The van der Waals surface area contributed by atoms with E-state index >= 15 is 0 Å². The van der Waals surface area contributed by atoms with Crippen LogP contribution in [0.3, 0.4) is 0 Å². The van der Waals surface area contributed by atoms with E-state index in [-0.39, 0.29) is 16.5 Å². The Labute approximate surface area is 127 Å². The summed E-state index contributed by atoms with van der Waals surface area (Å²) >= 11 is 7.16. The van der Waals surface area contributed by atoms with Crippen LogP contribution >= 0.6 is 23.4 Å². The van der Waals surface area contributed by atoms with Crippen molar-refractivity contribution in [2.75, 3.05) is 12.3 Å². The Hall–Kier alpha value is -1.20. The van der Waals surface area contributed by atoms with Crippen molar-refractivity contribution in [2.45, 2.75) is 30.7 Å². The number of carbonyl (C=O) groups excluding carboxylic acids is 1. The lowest BCUT2D eigenvalue weighted by atomic mass is 10.2. The minimum Gasteiger partial charge on any atom is -0.478 e.